The first-order valence-corrected chi connectivity index (χ1v) is 11.3. The molecule has 0 aliphatic carbocycles. The second kappa shape index (κ2) is 9.17. The van der Waals surface area contributed by atoms with Crippen molar-refractivity contribution in [1.82, 2.24) is 4.90 Å². The molecule has 0 bridgehead atoms. The molecule has 2 aromatic rings. The van der Waals surface area contributed by atoms with Crippen LogP contribution in [0, 0.1) is 0 Å². The van der Waals surface area contributed by atoms with Crippen LogP contribution in [0.25, 0.3) is 17.4 Å². The predicted octanol–water partition coefficient (Wildman–Crippen LogP) is 5.01. The first-order chi connectivity index (χ1) is 13.4. The van der Waals surface area contributed by atoms with Crippen LogP contribution >= 0.6 is 47.3 Å². The molecule has 0 saturated carbocycles. The SMILES string of the molecule is CSCCC(C(=O)O)N1C(=O)/C(=C\c2ccc(-c3ccccc3Cl)o2)SC1=S. The van der Waals surface area contributed by atoms with Gasteiger partial charge in [0.25, 0.3) is 5.91 Å². The highest BCUT2D eigenvalue weighted by molar-refractivity contribution is 8.26. The Bertz CT molecular complexity index is 956. The van der Waals surface area contributed by atoms with E-state index >= 15 is 0 Å². The van der Waals surface area contributed by atoms with Gasteiger partial charge in [0, 0.05) is 11.6 Å². The van der Waals surface area contributed by atoms with E-state index < -0.39 is 17.9 Å². The summed E-state index contributed by atoms with van der Waals surface area (Å²) in [6.45, 7) is 0. The van der Waals surface area contributed by atoms with Crippen LogP contribution in [0.3, 0.4) is 0 Å². The second-order valence-corrected chi connectivity index (χ2v) is 8.94. The molecule has 28 heavy (non-hydrogen) atoms. The summed E-state index contributed by atoms with van der Waals surface area (Å²) in [6, 6.07) is 9.82. The molecule has 9 heteroatoms. The Labute approximate surface area is 181 Å². The first-order valence-electron chi connectivity index (χ1n) is 8.26. The summed E-state index contributed by atoms with van der Waals surface area (Å²) < 4.78 is 6.03. The number of aliphatic carboxylic acids is 1. The number of halogens is 1. The highest BCUT2D eigenvalue weighted by Gasteiger charge is 2.40. The molecular formula is C19H16ClNO4S3. The number of carbonyl (C=O) groups excluding carboxylic acids is 1. The molecule has 1 aliphatic heterocycles. The van der Waals surface area contributed by atoms with Crippen LogP contribution < -0.4 is 0 Å². The van der Waals surface area contributed by atoms with Crippen LogP contribution in [-0.4, -0.2) is 44.3 Å². The van der Waals surface area contributed by atoms with Crippen LogP contribution in [-0.2, 0) is 9.59 Å². The lowest BCUT2D eigenvalue weighted by atomic mass is 10.2. The summed E-state index contributed by atoms with van der Waals surface area (Å²) in [5.74, 6) is 0.179. The standard InChI is InChI=1S/C19H16ClNO4S3/c1-27-9-8-14(18(23)24)21-17(22)16(28-19(21)26)10-11-6-7-15(25-11)12-4-2-3-5-13(12)20/h2-7,10,14H,8-9H2,1H3,(H,23,24)/b16-10+. The van der Waals surface area contributed by atoms with E-state index in [1.54, 1.807) is 24.3 Å². The summed E-state index contributed by atoms with van der Waals surface area (Å²) in [5.41, 5.74) is 0.749. The topological polar surface area (TPSA) is 70.8 Å². The average molecular weight is 454 g/mol. The second-order valence-electron chi connectivity index (χ2n) is 5.87. The number of hydrogen-bond acceptors (Lipinski definition) is 6. The molecule has 3 rings (SSSR count). The fourth-order valence-corrected chi connectivity index (χ4v) is 4.73. The number of thioether (sulfide) groups is 2. The fraction of sp³-hybridized carbons (Fsp3) is 0.211. The number of nitrogens with zero attached hydrogens (tertiary/aromatic N) is 1. The number of furan rings is 1. The highest BCUT2D eigenvalue weighted by Crippen LogP contribution is 2.36. The van der Waals surface area contributed by atoms with E-state index in [2.05, 4.69) is 0 Å². The Morgan fingerprint density at radius 3 is 2.82 bits per heavy atom. The van der Waals surface area contributed by atoms with Crippen molar-refractivity contribution in [2.45, 2.75) is 12.5 Å². The molecule has 1 saturated heterocycles. The Hall–Kier alpha value is -1.74. The van der Waals surface area contributed by atoms with Gasteiger partial charge in [-0.2, -0.15) is 11.8 Å². The molecule has 1 fully saturated rings. The third-order valence-electron chi connectivity index (χ3n) is 4.06. The number of thiocarbonyl (C=S) groups is 1. The summed E-state index contributed by atoms with van der Waals surface area (Å²) in [7, 11) is 0. The molecule has 0 spiro atoms. The van der Waals surface area contributed by atoms with Crippen LogP contribution in [0.15, 0.2) is 45.7 Å². The van der Waals surface area contributed by atoms with Crippen molar-refractivity contribution in [1.29, 1.82) is 0 Å². The van der Waals surface area contributed by atoms with E-state index in [1.807, 2.05) is 24.5 Å². The quantitative estimate of drug-likeness (QED) is 0.466. The van der Waals surface area contributed by atoms with Crippen molar-refractivity contribution >= 4 is 69.6 Å². The molecule has 5 nitrogen and oxygen atoms in total. The maximum atomic E-state index is 12.8. The van der Waals surface area contributed by atoms with Crippen molar-refractivity contribution in [3.05, 3.63) is 52.1 Å². The molecule has 1 aromatic carbocycles. The van der Waals surface area contributed by atoms with Gasteiger partial charge in [-0.15, -0.1) is 0 Å². The Morgan fingerprint density at radius 2 is 2.14 bits per heavy atom. The average Bonchev–Trinajstić information content (AvgIpc) is 3.22. The van der Waals surface area contributed by atoms with Gasteiger partial charge in [0.1, 0.15) is 21.9 Å². The smallest absolute Gasteiger partial charge is 0.326 e. The lowest BCUT2D eigenvalue weighted by Crippen LogP contribution is -2.44. The van der Waals surface area contributed by atoms with Crippen molar-refractivity contribution in [2.75, 3.05) is 12.0 Å². The largest absolute Gasteiger partial charge is 0.480 e. The molecular weight excluding hydrogens is 438 g/mol. The van der Waals surface area contributed by atoms with Gasteiger partial charge < -0.3 is 9.52 Å². The van der Waals surface area contributed by atoms with Gasteiger partial charge in [0.2, 0.25) is 0 Å². The van der Waals surface area contributed by atoms with Crippen molar-refractivity contribution in [3.63, 3.8) is 0 Å². The zero-order valence-electron chi connectivity index (χ0n) is 14.8. The number of carboxylic acid groups (broad SMARTS) is 1. The minimum Gasteiger partial charge on any atom is -0.480 e. The molecule has 146 valence electrons. The third kappa shape index (κ3) is 4.46. The van der Waals surface area contributed by atoms with Gasteiger partial charge in [0.05, 0.1) is 9.93 Å². The molecule has 1 aliphatic rings. The van der Waals surface area contributed by atoms with Crippen LogP contribution in [0.4, 0.5) is 0 Å². The van der Waals surface area contributed by atoms with Crippen LogP contribution in [0.2, 0.25) is 5.02 Å². The number of benzene rings is 1. The maximum absolute atomic E-state index is 12.8. The van der Waals surface area contributed by atoms with Gasteiger partial charge >= 0.3 is 5.97 Å². The van der Waals surface area contributed by atoms with E-state index in [4.69, 9.17) is 28.2 Å². The lowest BCUT2D eigenvalue weighted by molar-refractivity contribution is -0.145. The fourth-order valence-electron chi connectivity index (χ4n) is 2.71. The summed E-state index contributed by atoms with van der Waals surface area (Å²) in [5, 5.41) is 10.1. The van der Waals surface area contributed by atoms with Crippen molar-refractivity contribution < 1.29 is 19.1 Å². The number of rotatable bonds is 7. The maximum Gasteiger partial charge on any atom is 0.326 e. The van der Waals surface area contributed by atoms with Crippen LogP contribution in [0.5, 0.6) is 0 Å². The highest BCUT2D eigenvalue weighted by atomic mass is 35.5. The minimum absolute atomic E-state index is 0.239. The van der Waals surface area contributed by atoms with E-state index in [-0.39, 0.29) is 4.32 Å². The Balaban J connectivity index is 1.84. The van der Waals surface area contributed by atoms with Gasteiger partial charge in [-0.05, 0) is 42.7 Å². The Morgan fingerprint density at radius 1 is 1.39 bits per heavy atom. The first kappa shape index (κ1) is 21.0. The zero-order chi connectivity index (χ0) is 20.3. The molecule has 1 aromatic heterocycles. The van der Waals surface area contributed by atoms with Gasteiger partial charge in [0.15, 0.2) is 0 Å². The third-order valence-corrected chi connectivity index (χ3v) is 6.36. The molecule has 0 radical (unpaired) electrons. The number of hydrogen-bond donors (Lipinski definition) is 1. The van der Waals surface area contributed by atoms with E-state index in [0.717, 1.165) is 17.3 Å². The van der Waals surface area contributed by atoms with Crippen molar-refractivity contribution in [3.8, 4) is 11.3 Å². The molecule has 2 heterocycles. The monoisotopic (exact) mass is 453 g/mol. The summed E-state index contributed by atoms with van der Waals surface area (Å²) in [6.07, 6.45) is 3.79. The van der Waals surface area contributed by atoms with Crippen LogP contribution in [0.1, 0.15) is 12.2 Å². The van der Waals surface area contributed by atoms with E-state index in [0.29, 0.717) is 33.6 Å². The minimum atomic E-state index is -1.06. The number of carboxylic acids is 1. The molecule has 1 unspecified atom stereocenters. The van der Waals surface area contributed by atoms with E-state index in [1.165, 1.54) is 16.7 Å². The van der Waals surface area contributed by atoms with Crippen molar-refractivity contribution in [2.24, 2.45) is 0 Å². The molecule has 1 amide bonds. The Kier molecular flexibility index (Phi) is 6.87. The summed E-state index contributed by atoms with van der Waals surface area (Å²) >= 11 is 14.1. The zero-order valence-corrected chi connectivity index (χ0v) is 18.0. The van der Waals surface area contributed by atoms with Gasteiger partial charge in [-0.1, -0.05) is 47.7 Å². The summed E-state index contributed by atoms with van der Waals surface area (Å²) in [4.78, 5) is 25.9. The molecule has 1 N–H and O–H groups in total. The predicted molar refractivity (Wildman–Crippen MR) is 119 cm³/mol. The molecule has 1 atom stereocenters. The van der Waals surface area contributed by atoms with Gasteiger partial charge in [-0.25, -0.2) is 4.79 Å². The van der Waals surface area contributed by atoms with E-state index in [9.17, 15) is 14.7 Å². The normalized spacial score (nSPS) is 16.8. The van der Waals surface area contributed by atoms with Gasteiger partial charge in [-0.3, -0.25) is 9.69 Å². The lowest BCUT2D eigenvalue weighted by Gasteiger charge is -2.22. The number of amides is 1. The number of carbonyl (C=O) groups is 2.